The largest absolute Gasteiger partial charge is 0.392 e. The van der Waals surface area contributed by atoms with Gasteiger partial charge in [-0.25, -0.2) is 0 Å². The van der Waals surface area contributed by atoms with Crippen LogP contribution in [0.5, 0.6) is 0 Å². The van der Waals surface area contributed by atoms with Crippen molar-refractivity contribution in [2.45, 2.75) is 78.7 Å². The van der Waals surface area contributed by atoms with Crippen molar-refractivity contribution in [1.82, 2.24) is 4.98 Å². The number of aromatic nitrogens is 1. The number of Topliss-reactive ketones (excluding diaryl/α,β-unsaturated/α-hetero) is 1. The van der Waals surface area contributed by atoms with Gasteiger partial charge in [-0.3, -0.25) is 9.78 Å². The van der Waals surface area contributed by atoms with Gasteiger partial charge in [0.15, 0.2) is 6.29 Å². The van der Waals surface area contributed by atoms with Crippen LogP contribution in [0.1, 0.15) is 59.6 Å². The van der Waals surface area contributed by atoms with Gasteiger partial charge in [-0.1, -0.05) is 47.6 Å². The number of rotatable bonds is 1. The SMILES string of the molecule is C[C@@H]1[C@@H](O)[C@@H](C)C[C@@H](C)C(=O)[C@H](C)[C@@H](O)[C@@H](C)[C@@H](c2cccnc2)OC(O)[C@H](C)[C@H]1O. The summed E-state index contributed by atoms with van der Waals surface area (Å²) in [6.07, 6.45) is -1.28. The summed E-state index contributed by atoms with van der Waals surface area (Å²) in [6, 6.07) is 3.53. The van der Waals surface area contributed by atoms with Crippen LogP contribution in [0, 0.1) is 35.5 Å². The van der Waals surface area contributed by atoms with Gasteiger partial charge < -0.3 is 25.2 Å². The van der Waals surface area contributed by atoms with Crippen molar-refractivity contribution < 1.29 is 30.0 Å². The summed E-state index contributed by atoms with van der Waals surface area (Å²) in [5, 5.41) is 43.4. The molecule has 0 aromatic carbocycles. The molecule has 0 amide bonds. The predicted molar refractivity (Wildman–Crippen MR) is 117 cm³/mol. The normalized spacial score (nSPS) is 43.9. The van der Waals surface area contributed by atoms with Crippen molar-refractivity contribution in [2.75, 3.05) is 0 Å². The smallest absolute Gasteiger partial charge is 0.160 e. The number of ketones is 1. The third-order valence-electron chi connectivity index (χ3n) is 7.14. The van der Waals surface area contributed by atoms with Crippen molar-refractivity contribution in [3.8, 4) is 0 Å². The zero-order valence-corrected chi connectivity index (χ0v) is 19.4. The zero-order chi connectivity index (χ0) is 23.5. The van der Waals surface area contributed by atoms with Crippen LogP contribution in [-0.4, -0.2) is 55.8 Å². The fourth-order valence-corrected chi connectivity index (χ4v) is 4.76. The van der Waals surface area contributed by atoms with E-state index in [4.69, 9.17) is 4.74 Å². The molecule has 176 valence electrons. The number of hydrogen-bond acceptors (Lipinski definition) is 7. The molecule has 0 radical (unpaired) electrons. The Kier molecular flexibility index (Phi) is 9.15. The minimum absolute atomic E-state index is 0.0810. The molecule has 1 saturated heterocycles. The zero-order valence-electron chi connectivity index (χ0n) is 19.4. The molecule has 4 N–H and O–H groups in total. The van der Waals surface area contributed by atoms with Gasteiger partial charge in [0, 0.05) is 42.0 Å². The number of carbonyl (C=O) groups excluding carboxylic acids is 1. The van der Waals surface area contributed by atoms with Gasteiger partial charge in [0.2, 0.25) is 0 Å². The average molecular weight is 438 g/mol. The number of hydrogen-bond donors (Lipinski definition) is 4. The van der Waals surface area contributed by atoms with Gasteiger partial charge in [0.05, 0.1) is 24.4 Å². The van der Waals surface area contributed by atoms with Gasteiger partial charge in [0.1, 0.15) is 5.78 Å². The number of aliphatic hydroxyl groups is 4. The van der Waals surface area contributed by atoms with Crippen molar-refractivity contribution in [2.24, 2.45) is 35.5 Å². The number of ether oxygens (including phenoxy) is 1. The Hall–Kier alpha value is -1.38. The van der Waals surface area contributed by atoms with E-state index in [2.05, 4.69) is 4.98 Å². The van der Waals surface area contributed by atoms with Crippen LogP contribution in [0.25, 0.3) is 0 Å². The molecule has 2 heterocycles. The summed E-state index contributed by atoms with van der Waals surface area (Å²) in [5.74, 6) is -3.03. The summed E-state index contributed by atoms with van der Waals surface area (Å²) in [6.45, 7) is 10.6. The lowest BCUT2D eigenvalue weighted by atomic mass is 9.76. The monoisotopic (exact) mass is 437 g/mol. The molecule has 31 heavy (non-hydrogen) atoms. The highest BCUT2D eigenvalue weighted by molar-refractivity contribution is 5.83. The molecule has 1 aliphatic heterocycles. The second-order valence-corrected chi connectivity index (χ2v) is 9.59. The topological polar surface area (TPSA) is 120 Å². The van der Waals surface area contributed by atoms with Crippen LogP contribution in [-0.2, 0) is 9.53 Å². The number of aliphatic hydroxyl groups excluding tert-OH is 4. The molecule has 11 atom stereocenters. The Morgan fingerprint density at radius 1 is 0.903 bits per heavy atom. The first-order valence-electron chi connectivity index (χ1n) is 11.3. The molecule has 1 aromatic rings. The van der Waals surface area contributed by atoms with Crippen molar-refractivity contribution in [3.63, 3.8) is 0 Å². The molecular formula is C24H39NO6. The van der Waals surface area contributed by atoms with Gasteiger partial charge in [-0.2, -0.15) is 0 Å². The van der Waals surface area contributed by atoms with Crippen LogP contribution < -0.4 is 0 Å². The summed E-state index contributed by atoms with van der Waals surface area (Å²) >= 11 is 0. The van der Waals surface area contributed by atoms with Gasteiger partial charge in [0.25, 0.3) is 0 Å². The maximum Gasteiger partial charge on any atom is 0.160 e. The highest BCUT2D eigenvalue weighted by atomic mass is 16.6. The van der Waals surface area contributed by atoms with Gasteiger partial charge in [-0.15, -0.1) is 0 Å². The predicted octanol–water partition coefficient (Wildman–Crippen LogP) is 2.33. The fourth-order valence-electron chi connectivity index (χ4n) is 4.76. The molecule has 2 rings (SSSR count). The van der Waals surface area contributed by atoms with E-state index in [1.54, 1.807) is 52.2 Å². The summed E-state index contributed by atoms with van der Waals surface area (Å²) in [7, 11) is 0. The Balaban J connectivity index is 2.45. The number of pyridine rings is 1. The van der Waals surface area contributed by atoms with Gasteiger partial charge in [-0.05, 0) is 24.0 Å². The Morgan fingerprint density at radius 2 is 1.55 bits per heavy atom. The van der Waals surface area contributed by atoms with E-state index in [0.29, 0.717) is 12.0 Å². The van der Waals surface area contributed by atoms with E-state index in [-0.39, 0.29) is 17.6 Å². The first-order chi connectivity index (χ1) is 14.5. The van der Waals surface area contributed by atoms with E-state index in [0.717, 1.165) is 0 Å². The Morgan fingerprint density at radius 3 is 2.13 bits per heavy atom. The summed E-state index contributed by atoms with van der Waals surface area (Å²) in [5.41, 5.74) is 0.663. The van der Waals surface area contributed by atoms with E-state index in [1.165, 1.54) is 0 Å². The molecule has 0 saturated carbocycles. The van der Waals surface area contributed by atoms with Crippen molar-refractivity contribution >= 4 is 5.78 Å². The van der Waals surface area contributed by atoms with Crippen LogP contribution in [0.15, 0.2) is 24.5 Å². The Bertz CT molecular complexity index is 701. The van der Waals surface area contributed by atoms with Crippen LogP contribution in [0.3, 0.4) is 0 Å². The molecule has 1 aromatic heterocycles. The highest BCUT2D eigenvalue weighted by Crippen LogP contribution is 2.36. The van der Waals surface area contributed by atoms with Crippen molar-refractivity contribution in [3.05, 3.63) is 30.1 Å². The molecule has 0 bridgehead atoms. The molecule has 1 fully saturated rings. The first kappa shape index (κ1) is 25.9. The average Bonchev–Trinajstić information content (AvgIpc) is 2.78. The standard InChI is InChI=1S/C24H39NO6/c1-12-10-13(2)20(27)15(4)22(29)17(6)24(30)31-23(18-8-7-9-25-11-18)16(5)21(28)14(3)19(12)26/h7-9,11-17,20-24,27-30H,10H2,1-6H3/t12-,13+,14+,15-,16-,17-,20+,21-,22+,23+,24?/m1/s1. The Labute approximate surface area is 185 Å². The van der Waals surface area contributed by atoms with E-state index in [9.17, 15) is 25.2 Å². The lowest BCUT2D eigenvalue weighted by Gasteiger charge is -2.38. The lowest BCUT2D eigenvalue weighted by Crippen LogP contribution is -2.45. The fraction of sp³-hybridized carbons (Fsp3) is 0.750. The molecular weight excluding hydrogens is 398 g/mol. The first-order valence-corrected chi connectivity index (χ1v) is 11.3. The minimum atomic E-state index is -1.34. The minimum Gasteiger partial charge on any atom is -0.392 e. The molecule has 1 aliphatic rings. The van der Waals surface area contributed by atoms with E-state index in [1.807, 2.05) is 13.8 Å². The molecule has 0 spiro atoms. The third-order valence-corrected chi connectivity index (χ3v) is 7.14. The molecule has 0 aliphatic carbocycles. The second kappa shape index (κ2) is 11.0. The maximum atomic E-state index is 13.0. The quantitative estimate of drug-likeness (QED) is 0.532. The second-order valence-electron chi connectivity index (χ2n) is 9.59. The van der Waals surface area contributed by atoms with Gasteiger partial charge >= 0.3 is 0 Å². The van der Waals surface area contributed by atoms with E-state index < -0.39 is 54.4 Å². The number of nitrogens with zero attached hydrogens (tertiary/aromatic N) is 1. The van der Waals surface area contributed by atoms with E-state index >= 15 is 0 Å². The third kappa shape index (κ3) is 5.90. The maximum absolute atomic E-state index is 13.0. The number of carbonyl (C=O) groups is 1. The van der Waals surface area contributed by atoms with Crippen LogP contribution in [0.2, 0.25) is 0 Å². The lowest BCUT2D eigenvalue weighted by molar-refractivity contribution is -0.210. The highest BCUT2D eigenvalue weighted by Gasteiger charge is 2.40. The van der Waals surface area contributed by atoms with Crippen molar-refractivity contribution in [1.29, 1.82) is 0 Å². The van der Waals surface area contributed by atoms with Crippen LogP contribution >= 0.6 is 0 Å². The summed E-state index contributed by atoms with van der Waals surface area (Å²) in [4.78, 5) is 17.2. The molecule has 7 heteroatoms. The molecule has 7 nitrogen and oxygen atoms in total. The molecule has 1 unspecified atom stereocenters. The summed E-state index contributed by atoms with van der Waals surface area (Å²) < 4.78 is 5.97. The van der Waals surface area contributed by atoms with Crippen LogP contribution in [0.4, 0.5) is 0 Å².